The van der Waals surface area contributed by atoms with Crippen molar-refractivity contribution in [3.63, 3.8) is 0 Å². The highest BCUT2D eigenvalue weighted by molar-refractivity contribution is 8.77. The first kappa shape index (κ1) is 23.1. The van der Waals surface area contributed by atoms with Gasteiger partial charge in [-0.15, -0.1) is 0 Å². The van der Waals surface area contributed by atoms with Crippen LogP contribution in [-0.4, -0.2) is 41.8 Å². The molecule has 138 valence electrons. The smallest absolute Gasteiger partial charge is 0.311 e. The molecule has 4 nitrogen and oxygen atoms in total. The van der Waals surface area contributed by atoms with Crippen molar-refractivity contribution in [1.82, 2.24) is 0 Å². The van der Waals surface area contributed by atoms with Crippen LogP contribution >= 0.6 is 21.6 Å². The Morgan fingerprint density at radius 1 is 1.00 bits per heavy atom. The molecule has 0 rings (SSSR count). The van der Waals surface area contributed by atoms with Crippen molar-refractivity contribution in [2.75, 3.05) is 25.5 Å². The Balaban J connectivity index is 3.86. The number of hydrogen-bond acceptors (Lipinski definition) is 6. The lowest BCUT2D eigenvalue weighted by Gasteiger charge is -2.28. The van der Waals surface area contributed by atoms with Crippen LogP contribution < -0.4 is 5.73 Å². The Labute approximate surface area is 150 Å². The fourth-order valence-electron chi connectivity index (χ4n) is 1.62. The van der Waals surface area contributed by atoms with Gasteiger partial charge in [-0.25, -0.2) is 0 Å². The van der Waals surface area contributed by atoms with E-state index in [9.17, 15) is 4.79 Å². The molecule has 0 aliphatic carbocycles. The molecule has 2 N–H and O–H groups in total. The van der Waals surface area contributed by atoms with Gasteiger partial charge in [-0.3, -0.25) is 4.79 Å². The van der Waals surface area contributed by atoms with Crippen LogP contribution in [-0.2, 0) is 14.3 Å². The number of rotatable bonds is 11. The first-order chi connectivity index (χ1) is 10.4. The van der Waals surface area contributed by atoms with Gasteiger partial charge in [0.05, 0.1) is 11.0 Å². The highest BCUT2D eigenvalue weighted by atomic mass is 33.1. The number of carbonyl (C=O) groups is 1. The van der Waals surface area contributed by atoms with Crippen molar-refractivity contribution >= 4 is 27.6 Å². The summed E-state index contributed by atoms with van der Waals surface area (Å²) in [5, 5.41) is 0. The van der Waals surface area contributed by atoms with Crippen molar-refractivity contribution in [2.24, 2.45) is 11.1 Å². The van der Waals surface area contributed by atoms with E-state index in [1.54, 1.807) is 10.8 Å². The lowest BCUT2D eigenvalue weighted by Crippen LogP contribution is -2.30. The summed E-state index contributed by atoms with van der Waals surface area (Å²) in [7, 11) is 3.57. The van der Waals surface area contributed by atoms with Gasteiger partial charge in [0.1, 0.15) is 6.61 Å². The fourth-order valence-corrected chi connectivity index (χ4v) is 4.00. The van der Waals surface area contributed by atoms with Gasteiger partial charge in [-0.2, -0.15) is 0 Å². The van der Waals surface area contributed by atoms with E-state index >= 15 is 0 Å². The molecule has 0 radical (unpaired) electrons. The molecular formula is C17H35NO3S2. The largest absolute Gasteiger partial charge is 0.464 e. The summed E-state index contributed by atoms with van der Waals surface area (Å²) in [6, 6.07) is 0. The molecular weight excluding hydrogens is 330 g/mol. The molecule has 0 aliphatic heterocycles. The molecule has 0 bridgehead atoms. The third-order valence-corrected chi connectivity index (χ3v) is 6.55. The molecule has 0 saturated heterocycles. The molecule has 0 amide bonds. The Morgan fingerprint density at radius 2 is 1.61 bits per heavy atom. The van der Waals surface area contributed by atoms with Gasteiger partial charge in [0.2, 0.25) is 0 Å². The van der Waals surface area contributed by atoms with Gasteiger partial charge < -0.3 is 15.2 Å². The van der Waals surface area contributed by atoms with Gasteiger partial charge in [0, 0.05) is 17.1 Å². The van der Waals surface area contributed by atoms with Gasteiger partial charge in [0.15, 0.2) is 0 Å². The van der Waals surface area contributed by atoms with Crippen molar-refractivity contribution in [3.05, 3.63) is 0 Å². The summed E-state index contributed by atoms with van der Waals surface area (Å²) in [5.41, 5.74) is 5.02. The van der Waals surface area contributed by atoms with Gasteiger partial charge in [-0.1, -0.05) is 21.6 Å². The molecule has 0 unspecified atom stereocenters. The van der Waals surface area contributed by atoms with E-state index in [0.717, 1.165) is 25.2 Å². The fraction of sp³-hybridized carbons (Fsp3) is 0.941. The van der Waals surface area contributed by atoms with Crippen molar-refractivity contribution in [3.8, 4) is 0 Å². The normalized spacial score (nSPS) is 13.2. The maximum absolute atomic E-state index is 11.6. The minimum absolute atomic E-state index is 0.123. The van der Waals surface area contributed by atoms with Crippen molar-refractivity contribution in [2.45, 2.75) is 71.7 Å². The van der Waals surface area contributed by atoms with E-state index in [2.05, 4.69) is 27.7 Å². The zero-order valence-electron chi connectivity index (χ0n) is 15.9. The quantitative estimate of drug-likeness (QED) is 0.335. The molecule has 0 spiro atoms. The second kappa shape index (κ2) is 10.2. The van der Waals surface area contributed by atoms with Gasteiger partial charge in [0.25, 0.3) is 0 Å². The average Bonchev–Trinajstić information content (AvgIpc) is 2.36. The maximum Gasteiger partial charge on any atom is 0.311 e. The molecule has 0 fully saturated rings. The lowest BCUT2D eigenvalue weighted by molar-refractivity contribution is -0.152. The van der Waals surface area contributed by atoms with Crippen LogP contribution in [0, 0.1) is 5.41 Å². The predicted molar refractivity (Wildman–Crippen MR) is 103 cm³/mol. The number of hydrogen-bond donors (Lipinski definition) is 1. The zero-order chi connectivity index (χ0) is 18.1. The van der Waals surface area contributed by atoms with E-state index in [1.807, 2.05) is 31.6 Å². The number of carbonyl (C=O) groups excluding carboxylic acids is 1. The highest BCUT2D eigenvalue weighted by Crippen LogP contribution is 2.38. The molecule has 0 aromatic carbocycles. The Morgan fingerprint density at radius 3 is 2.13 bits per heavy atom. The molecule has 0 aromatic rings. The molecule has 0 heterocycles. The predicted octanol–water partition coefficient (Wildman–Crippen LogP) is 4.27. The maximum atomic E-state index is 11.6. The van der Waals surface area contributed by atoms with E-state index in [1.165, 1.54) is 0 Å². The van der Waals surface area contributed by atoms with E-state index in [0.29, 0.717) is 13.2 Å². The Hall–Kier alpha value is 0.0900. The zero-order valence-corrected chi connectivity index (χ0v) is 17.5. The first-order valence-electron chi connectivity index (χ1n) is 8.21. The van der Waals surface area contributed by atoms with Crippen LogP contribution in [0.1, 0.15) is 61.3 Å². The lowest BCUT2D eigenvalue weighted by atomic mass is 9.97. The molecule has 0 aliphatic rings. The second-order valence-electron chi connectivity index (χ2n) is 7.95. The van der Waals surface area contributed by atoms with Crippen LogP contribution in [0.4, 0.5) is 0 Å². The molecule has 0 aromatic heterocycles. The summed E-state index contributed by atoms with van der Waals surface area (Å²) >= 11 is 0. The Bertz CT molecular complexity index is 352. The minimum Gasteiger partial charge on any atom is -0.464 e. The van der Waals surface area contributed by atoms with Crippen LogP contribution in [0.5, 0.6) is 0 Å². The van der Waals surface area contributed by atoms with Crippen molar-refractivity contribution < 1.29 is 14.3 Å². The molecule has 23 heavy (non-hydrogen) atoms. The topological polar surface area (TPSA) is 61.6 Å². The van der Waals surface area contributed by atoms with E-state index < -0.39 is 5.41 Å². The SMILES string of the molecule is CC(C)(CCN)OCCC(C)(C)SSCCOC(=O)C(C)(C)C. The van der Waals surface area contributed by atoms with E-state index in [-0.39, 0.29) is 16.3 Å². The number of esters is 1. The summed E-state index contributed by atoms with van der Waals surface area (Å²) in [4.78, 5) is 11.6. The monoisotopic (exact) mass is 365 g/mol. The van der Waals surface area contributed by atoms with Crippen LogP contribution in [0.15, 0.2) is 0 Å². The standard InChI is InChI=1S/C17H35NO3S2/c1-15(2,3)14(19)20-12-13-22-23-17(6,7)9-11-21-16(4,5)8-10-18/h8-13,18H2,1-7H3. The van der Waals surface area contributed by atoms with Crippen molar-refractivity contribution in [1.29, 1.82) is 0 Å². The van der Waals surface area contributed by atoms with E-state index in [4.69, 9.17) is 15.2 Å². The second-order valence-corrected chi connectivity index (χ2v) is 11.1. The van der Waals surface area contributed by atoms with Crippen LogP contribution in [0.3, 0.4) is 0 Å². The summed E-state index contributed by atoms with van der Waals surface area (Å²) in [6.45, 7) is 16.0. The van der Waals surface area contributed by atoms with Gasteiger partial charge in [-0.05, 0) is 67.9 Å². The third kappa shape index (κ3) is 12.1. The molecule has 0 atom stereocenters. The van der Waals surface area contributed by atoms with Crippen LogP contribution in [0.25, 0.3) is 0 Å². The average molecular weight is 366 g/mol. The molecule has 6 heteroatoms. The molecule has 0 saturated carbocycles. The first-order valence-corrected chi connectivity index (χ1v) is 10.5. The number of ether oxygens (including phenoxy) is 2. The number of nitrogens with two attached hydrogens (primary N) is 1. The summed E-state index contributed by atoms with van der Waals surface area (Å²) in [5.74, 6) is 0.660. The highest BCUT2D eigenvalue weighted by Gasteiger charge is 2.24. The minimum atomic E-state index is -0.426. The van der Waals surface area contributed by atoms with Crippen LogP contribution in [0.2, 0.25) is 0 Å². The Kier molecular flexibility index (Phi) is 10.2. The summed E-state index contributed by atoms with van der Waals surface area (Å²) in [6.07, 6.45) is 1.84. The summed E-state index contributed by atoms with van der Waals surface area (Å²) < 4.78 is 11.3. The van der Waals surface area contributed by atoms with Gasteiger partial charge >= 0.3 is 5.97 Å². The third-order valence-electron chi connectivity index (χ3n) is 3.24.